The van der Waals surface area contributed by atoms with E-state index in [-0.39, 0.29) is 5.91 Å². The first kappa shape index (κ1) is 23.7. The Labute approximate surface area is 204 Å². The molecule has 0 spiro atoms. The number of methoxy groups -OCH3 is 1. The van der Waals surface area contributed by atoms with Gasteiger partial charge in [-0.15, -0.1) is 10.2 Å². The van der Waals surface area contributed by atoms with Gasteiger partial charge in [0.1, 0.15) is 5.82 Å². The van der Waals surface area contributed by atoms with E-state index in [1.807, 2.05) is 42.5 Å². The second kappa shape index (κ2) is 11.6. The van der Waals surface area contributed by atoms with Gasteiger partial charge >= 0.3 is 0 Å². The summed E-state index contributed by atoms with van der Waals surface area (Å²) in [6.07, 6.45) is 0.694. The summed E-state index contributed by atoms with van der Waals surface area (Å²) in [5, 5.41) is 12.7. The van der Waals surface area contributed by atoms with Crippen molar-refractivity contribution < 1.29 is 9.53 Å². The molecule has 0 bridgehead atoms. The van der Waals surface area contributed by atoms with E-state index in [2.05, 4.69) is 63.4 Å². The number of carbonyl (C=O) groups excluding carboxylic acids is 1. The number of hydrogen-bond acceptors (Lipinski definition) is 5. The highest BCUT2D eigenvalue weighted by Crippen LogP contribution is 2.27. The van der Waals surface area contributed by atoms with E-state index in [1.54, 1.807) is 18.9 Å². The number of benzene rings is 3. The summed E-state index contributed by atoms with van der Waals surface area (Å²) in [5.41, 5.74) is 5.10. The molecule has 174 valence electrons. The zero-order valence-electron chi connectivity index (χ0n) is 19.4. The molecule has 0 aliphatic rings. The van der Waals surface area contributed by atoms with Crippen LogP contribution in [0.1, 0.15) is 32.9 Å². The normalized spacial score (nSPS) is 10.9. The Kier molecular flexibility index (Phi) is 8.12. The minimum Gasteiger partial charge on any atom is -0.383 e. The second-order valence-electron chi connectivity index (χ2n) is 7.97. The molecule has 1 heterocycles. The van der Waals surface area contributed by atoms with Crippen molar-refractivity contribution in [2.45, 2.75) is 24.3 Å². The van der Waals surface area contributed by atoms with Crippen molar-refractivity contribution in [2.24, 2.45) is 0 Å². The van der Waals surface area contributed by atoms with E-state index in [9.17, 15) is 4.79 Å². The minimum absolute atomic E-state index is 0.100. The SMILES string of the molecule is COCCNC(=O)c1cccc(CSc2nnc(Cc3ccccc3)n2-c2cccc(C)c2)c1. The van der Waals surface area contributed by atoms with E-state index in [4.69, 9.17) is 4.74 Å². The average Bonchev–Trinajstić information content (AvgIpc) is 3.26. The van der Waals surface area contributed by atoms with Crippen LogP contribution in [0.4, 0.5) is 0 Å². The van der Waals surface area contributed by atoms with Crippen molar-refractivity contribution in [1.29, 1.82) is 0 Å². The Morgan fingerprint density at radius 2 is 1.76 bits per heavy atom. The fraction of sp³-hybridized carbons (Fsp3) is 0.222. The molecule has 1 amide bonds. The predicted octanol–water partition coefficient (Wildman–Crippen LogP) is 4.84. The van der Waals surface area contributed by atoms with Crippen molar-refractivity contribution >= 4 is 17.7 Å². The lowest BCUT2D eigenvalue weighted by Crippen LogP contribution is -2.26. The van der Waals surface area contributed by atoms with E-state index < -0.39 is 0 Å². The molecule has 4 aromatic rings. The number of aromatic nitrogens is 3. The molecule has 1 aromatic heterocycles. The van der Waals surface area contributed by atoms with Crippen LogP contribution < -0.4 is 5.32 Å². The Balaban J connectivity index is 1.55. The summed E-state index contributed by atoms with van der Waals surface area (Å²) in [7, 11) is 1.62. The average molecular weight is 473 g/mol. The van der Waals surface area contributed by atoms with Gasteiger partial charge in [0.05, 0.1) is 6.61 Å². The van der Waals surface area contributed by atoms with Gasteiger partial charge in [0.2, 0.25) is 0 Å². The lowest BCUT2D eigenvalue weighted by molar-refractivity contribution is 0.0937. The lowest BCUT2D eigenvalue weighted by Gasteiger charge is -2.11. The summed E-state index contributed by atoms with van der Waals surface area (Å²) in [5.74, 6) is 1.47. The maximum Gasteiger partial charge on any atom is 0.251 e. The van der Waals surface area contributed by atoms with Crippen LogP contribution in [0.15, 0.2) is 84.0 Å². The molecular formula is C27H28N4O2S. The zero-order valence-corrected chi connectivity index (χ0v) is 20.2. The van der Waals surface area contributed by atoms with Crippen molar-refractivity contribution in [2.75, 3.05) is 20.3 Å². The van der Waals surface area contributed by atoms with Crippen LogP contribution in [-0.4, -0.2) is 40.9 Å². The number of thioether (sulfide) groups is 1. The maximum absolute atomic E-state index is 12.4. The Morgan fingerprint density at radius 3 is 2.56 bits per heavy atom. The van der Waals surface area contributed by atoms with Gasteiger partial charge in [0.15, 0.2) is 5.16 Å². The van der Waals surface area contributed by atoms with Gasteiger partial charge in [-0.25, -0.2) is 0 Å². The summed E-state index contributed by atoms with van der Waals surface area (Å²) < 4.78 is 7.13. The monoisotopic (exact) mass is 472 g/mol. The molecule has 0 unspecified atom stereocenters. The highest BCUT2D eigenvalue weighted by molar-refractivity contribution is 7.98. The van der Waals surface area contributed by atoms with Crippen molar-refractivity contribution in [1.82, 2.24) is 20.1 Å². The third kappa shape index (κ3) is 6.12. The molecule has 0 aliphatic heterocycles. The molecule has 1 N–H and O–H groups in total. The number of ether oxygens (including phenoxy) is 1. The minimum atomic E-state index is -0.100. The molecule has 6 nitrogen and oxygen atoms in total. The van der Waals surface area contributed by atoms with Gasteiger partial charge in [-0.2, -0.15) is 0 Å². The van der Waals surface area contributed by atoms with Crippen LogP contribution in [0.3, 0.4) is 0 Å². The third-order valence-electron chi connectivity index (χ3n) is 5.31. The second-order valence-corrected chi connectivity index (χ2v) is 8.92. The fourth-order valence-electron chi connectivity index (χ4n) is 3.63. The molecule has 0 radical (unpaired) electrons. The van der Waals surface area contributed by atoms with Gasteiger partial charge in [-0.1, -0.05) is 66.4 Å². The number of aryl methyl sites for hydroxylation is 1. The predicted molar refractivity (Wildman–Crippen MR) is 136 cm³/mol. The summed E-state index contributed by atoms with van der Waals surface area (Å²) >= 11 is 1.61. The number of hydrogen-bond donors (Lipinski definition) is 1. The number of rotatable bonds is 10. The Morgan fingerprint density at radius 1 is 0.971 bits per heavy atom. The highest BCUT2D eigenvalue weighted by atomic mass is 32.2. The maximum atomic E-state index is 12.4. The van der Waals surface area contributed by atoms with Crippen molar-refractivity contribution in [3.8, 4) is 5.69 Å². The van der Waals surface area contributed by atoms with E-state index in [0.717, 1.165) is 22.2 Å². The lowest BCUT2D eigenvalue weighted by atomic mass is 10.1. The highest BCUT2D eigenvalue weighted by Gasteiger charge is 2.16. The van der Waals surface area contributed by atoms with Gasteiger partial charge < -0.3 is 10.1 Å². The van der Waals surface area contributed by atoms with E-state index in [1.165, 1.54) is 11.1 Å². The molecule has 0 atom stereocenters. The first-order chi connectivity index (χ1) is 16.6. The number of nitrogens with one attached hydrogen (secondary N) is 1. The standard InChI is InChI=1S/C27H28N4O2S/c1-20-8-6-13-24(16-20)31-25(18-21-9-4-3-5-10-21)29-30-27(31)34-19-22-11-7-12-23(17-22)26(32)28-14-15-33-2/h3-13,16-17H,14-15,18-19H2,1-2H3,(H,28,32). The van der Waals surface area contributed by atoms with Crippen LogP contribution in [0.5, 0.6) is 0 Å². The summed E-state index contributed by atoms with van der Waals surface area (Å²) in [4.78, 5) is 12.4. The number of carbonyl (C=O) groups is 1. The molecule has 0 saturated heterocycles. The molecule has 34 heavy (non-hydrogen) atoms. The van der Waals surface area contributed by atoms with Gasteiger partial charge in [0.25, 0.3) is 5.91 Å². The van der Waals surface area contributed by atoms with Crippen molar-refractivity contribution in [3.63, 3.8) is 0 Å². The quantitative estimate of drug-likeness (QED) is 0.264. The van der Waals surface area contributed by atoms with Gasteiger partial charge in [-0.05, 0) is 47.9 Å². The summed E-state index contributed by atoms with van der Waals surface area (Å²) in [6.45, 7) is 3.06. The Bertz CT molecular complexity index is 1240. The van der Waals surface area contributed by atoms with E-state index in [0.29, 0.717) is 30.9 Å². The van der Waals surface area contributed by atoms with Gasteiger partial charge in [0, 0.05) is 37.1 Å². The zero-order chi connectivity index (χ0) is 23.8. The van der Waals surface area contributed by atoms with E-state index >= 15 is 0 Å². The smallest absolute Gasteiger partial charge is 0.251 e. The fourth-order valence-corrected chi connectivity index (χ4v) is 4.55. The van der Waals surface area contributed by atoms with Crippen molar-refractivity contribution in [3.05, 3.63) is 107 Å². The van der Waals surface area contributed by atoms with Crippen LogP contribution in [0, 0.1) is 6.92 Å². The third-order valence-corrected chi connectivity index (χ3v) is 6.31. The first-order valence-electron chi connectivity index (χ1n) is 11.2. The van der Waals surface area contributed by atoms with Crippen LogP contribution in [-0.2, 0) is 16.9 Å². The van der Waals surface area contributed by atoms with Crippen LogP contribution in [0.25, 0.3) is 5.69 Å². The van der Waals surface area contributed by atoms with Crippen LogP contribution >= 0.6 is 11.8 Å². The summed E-state index contributed by atoms with van der Waals surface area (Å²) in [6, 6.07) is 26.3. The topological polar surface area (TPSA) is 69.0 Å². The molecule has 4 rings (SSSR count). The number of amides is 1. The van der Waals surface area contributed by atoms with Crippen LogP contribution in [0.2, 0.25) is 0 Å². The molecular weight excluding hydrogens is 444 g/mol. The van der Waals surface area contributed by atoms with Gasteiger partial charge in [-0.3, -0.25) is 9.36 Å². The number of nitrogens with zero attached hydrogens (tertiary/aromatic N) is 3. The molecule has 0 aliphatic carbocycles. The molecule has 0 fully saturated rings. The largest absolute Gasteiger partial charge is 0.383 e. The Hall–Kier alpha value is -3.42. The molecule has 7 heteroatoms. The molecule has 0 saturated carbocycles. The first-order valence-corrected chi connectivity index (χ1v) is 12.2. The molecule has 3 aromatic carbocycles.